The first kappa shape index (κ1) is 16.6. The number of imide groups is 1. The van der Waals surface area contributed by atoms with Crippen molar-refractivity contribution in [3.63, 3.8) is 0 Å². The van der Waals surface area contributed by atoms with Gasteiger partial charge < -0.3 is 10.6 Å². The summed E-state index contributed by atoms with van der Waals surface area (Å²) in [6, 6.07) is 0. The molecule has 2 saturated carbocycles. The van der Waals surface area contributed by atoms with Crippen LogP contribution in [0.3, 0.4) is 0 Å². The SMILES string of the molecule is CN=C(NCCCC1CC1)NCCN1C(=O)C2C3C=CC(C3)C2C1=O. The van der Waals surface area contributed by atoms with Gasteiger partial charge in [0, 0.05) is 26.7 Å². The highest BCUT2D eigenvalue weighted by Gasteiger charge is 2.58. The number of guanidine groups is 1. The van der Waals surface area contributed by atoms with Gasteiger partial charge in [-0.3, -0.25) is 19.5 Å². The quantitative estimate of drug-likeness (QED) is 0.239. The maximum atomic E-state index is 12.6. The fraction of sp³-hybridized carbons (Fsp3) is 0.737. The van der Waals surface area contributed by atoms with Crippen molar-refractivity contribution in [1.29, 1.82) is 0 Å². The first-order valence-electron chi connectivity index (χ1n) is 9.67. The topological polar surface area (TPSA) is 73.8 Å². The second kappa shape index (κ2) is 6.81. The molecule has 6 heteroatoms. The third-order valence-electron chi connectivity index (χ3n) is 6.19. The Morgan fingerprint density at radius 2 is 1.76 bits per heavy atom. The van der Waals surface area contributed by atoms with E-state index in [2.05, 4.69) is 27.8 Å². The number of amides is 2. The van der Waals surface area contributed by atoms with Crippen LogP contribution in [0.4, 0.5) is 0 Å². The molecular weight excluding hydrogens is 316 g/mol. The first-order valence-corrected chi connectivity index (χ1v) is 9.67. The van der Waals surface area contributed by atoms with Crippen molar-refractivity contribution < 1.29 is 9.59 Å². The molecule has 6 nitrogen and oxygen atoms in total. The molecule has 0 aromatic rings. The predicted octanol–water partition coefficient (Wildman–Crippen LogP) is 1.15. The van der Waals surface area contributed by atoms with Gasteiger partial charge >= 0.3 is 0 Å². The van der Waals surface area contributed by atoms with E-state index in [1.807, 2.05) is 0 Å². The third-order valence-corrected chi connectivity index (χ3v) is 6.19. The zero-order valence-corrected chi connectivity index (χ0v) is 14.9. The number of fused-ring (bicyclic) bond motifs is 5. The number of hydrogen-bond acceptors (Lipinski definition) is 3. The summed E-state index contributed by atoms with van der Waals surface area (Å²) in [5.41, 5.74) is 0. The van der Waals surface area contributed by atoms with Crippen LogP contribution in [-0.2, 0) is 9.59 Å². The number of likely N-dealkylation sites (tertiary alicyclic amines) is 1. The van der Waals surface area contributed by atoms with Gasteiger partial charge in [-0.1, -0.05) is 25.0 Å². The minimum atomic E-state index is -0.0950. The van der Waals surface area contributed by atoms with Crippen molar-refractivity contribution in [3.05, 3.63) is 12.2 Å². The Bertz CT molecular complexity index is 581. The van der Waals surface area contributed by atoms with E-state index in [0.29, 0.717) is 13.1 Å². The third kappa shape index (κ3) is 3.18. The lowest BCUT2D eigenvalue weighted by Crippen LogP contribution is -2.43. The van der Waals surface area contributed by atoms with Crippen LogP contribution in [-0.4, -0.2) is 49.4 Å². The van der Waals surface area contributed by atoms with Gasteiger partial charge in [-0.05, 0) is 37.0 Å². The van der Waals surface area contributed by atoms with Crippen LogP contribution in [0.2, 0.25) is 0 Å². The van der Waals surface area contributed by atoms with Crippen LogP contribution in [0.5, 0.6) is 0 Å². The van der Waals surface area contributed by atoms with E-state index in [0.717, 1.165) is 31.3 Å². The summed E-state index contributed by atoms with van der Waals surface area (Å²) in [5, 5.41) is 6.53. The molecule has 4 rings (SSSR count). The van der Waals surface area contributed by atoms with Gasteiger partial charge in [-0.15, -0.1) is 0 Å². The van der Waals surface area contributed by atoms with Crippen LogP contribution in [0.1, 0.15) is 32.1 Å². The number of carbonyl (C=O) groups is 2. The standard InChI is InChI=1S/C19H28N4O2/c1-20-19(21-8-2-3-12-4-5-12)22-9-10-23-17(24)15-13-6-7-14(11-13)16(15)18(23)25/h6-7,12-16H,2-5,8-11H2,1H3,(H2,20,21,22). The molecule has 3 fully saturated rings. The molecule has 1 heterocycles. The van der Waals surface area contributed by atoms with Gasteiger partial charge in [0.15, 0.2) is 5.96 Å². The molecule has 4 atom stereocenters. The Balaban J connectivity index is 1.21. The van der Waals surface area contributed by atoms with Crippen molar-refractivity contribution in [2.75, 3.05) is 26.7 Å². The molecule has 0 aromatic heterocycles. The van der Waals surface area contributed by atoms with Crippen LogP contribution in [0.15, 0.2) is 17.1 Å². The van der Waals surface area contributed by atoms with Gasteiger partial charge in [0.25, 0.3) is 0 Å². The number of carbonyl (C=O) groups excluding carboxylic acids is 2. The minimum absolute atomic E-state index is 0.0287. The second-order valence-electron chi connectivity index (χ2n) is 7.84. The molecule has 0 spiro atoms. The molecule has 4 unspecified atom stereocenters. The van der Waals surface area contributed by atoms with E-state index >= 15 is 0 Å². The summed E-state index contributed by atoms with van der Waals surface area (Å²) in [7, 11) is 1.75. The highest BCUT2D eigenvalue weighted by Crippen LogP contribution is 2.52. The molecule has 1 aliphatic heterocycles. The highest BCUT2D eigenvalue weighted by molar-refractivity contribution is 6.06. The smallest absolute Gasteiger partial charge is 0.233 e. The van der Waals surface area contributed by atoms with Gasteiger partial charge in [0.05, 0.1) is 11.8 Å². The molecule has 1 saturated heterocycles. The van der Waals surface area contributed by atoms with Crippen LogP contribution < -0.4 is 10.6 Å². The number of hydrogen-bond donors (Lipinski definition) is 2. The maximum absolute atomic E-state index is 12.6. The molecule has 2 amide bonds. The Kier molecular flexibility index (Phi) is 4.52. The summed E-state index contributed by atoms with van der Waals surface area (Å²) < 4.78 is 0. The lowest BCUT2D eigenvalue weighted by Gasteiger charge is -2.18. The molecule has 0 radical (unpaired) electrons. The van der Waals surface area contributed by atoms with Gasteiger partial charge in [0.2, 0.25) is 11.8 Å². The Labute approximate surface area is 149 Å². The van der Waals surface area contributed by atoms with E-state index in [-0.39, 0.29) is 35.5 Å². The molecule has 136 valence electrons. The summed E-state index contributed by atoms with van der Waals surface area (Å²) in [5.74, 6) is 2.13. The van der Waals surface area contributed by atoms with E-state index in [1.165, 1.54) is 24.2 Å². The fourth-order valence-corrected chi connectivity index (χ4v) is 4.70. The summed E-state index contributed by atoms with van der Waals surface area (Å²) in [4.78, 5) is 30.9. The van der Waals surface area contributed by atoms with Gasteiger partial charge in [-0.2, -0.15) is 0 Å². The molecule has 25 heavy (non-hydrogen) atoms. The van der Waals surface area contributed by atoms with Crippen LogP contribution in [0, 0.1) is 29.6 Å². The number of nitrogens with one attached hydrogen (secondary N) is 2. The van der Waals surface area contributed by atoms with Gasteiger partial charge in [-0.25, -0.2) is 0 Å². The first-order chi connectivity index (χ1) is 12.2. The lowest BCUT2D eigenvalue weighted by atomic mass is 9.85. The van der Waals surface area contributed by atoms with Crippen LogP contribution >= 0.6 is 0 Å². The summed E-state index contributed by atoms with van der Waals surface area (Å²) in [6.07, 6.45) is 10.5. The Hall–Kier alpha value is -1.85. The summed E-state index contributed by atoms with van der Waals surface area (Å²) in [6.45, 7) is 1.88. The van der Waals surface area contributed by atoms with E-state index in [1.54, 1.807) is 7.05 Å². The summed E-state index contributed by atoms with van der Waals surface area (Å²) >= 11 is 0. The zero-order chi connectivity index (χ0) is 17.4. The van der Waals surface area contributed by atoms with E-state index in [4.69, 9.17) is 0 Å². The number of nitrogens with zero attached hydrogens (tertiary/aromatic N) is 2. The number of aliphatic imine (C=N–C) groups is 1. The van der Waals surface area contributed by atoms with Crippen molar-refractivity contribution in [2.24, 2.45) is 34.6 Å². The Morgan fingerprint density at radius 1 is 1.12 bits per heavy atom. The number of rotatable bonds is 7. The highest BCUT2D eigenvalue weighted by atomic mass is 16.2. The van der Waals surface area contributed by atoms with E-state index < -0.39 is 0 Å². The molecule has 4 aliphatic rings. The minimum Gasteiger partial charge on any atom is -0.356 e. The van der Waals surface area contributed by atoms with Crippen molar-refractivity contribution in [2.45, 2.75) is 32.1 Å². The molecular formula is C19H28N4O2. The van der Waals surface area contributed by atoms with Crippen molar-refractivity contribution >= 4 is 17.8 Å². The largest absolute Gasteiger partial charge is 0.356 e. The second-order valence-corrected chi connectivity index (χ2v) is 7.84. The molecule has 3 aliphatic carbocycles. The maximum Gasteiger partial charge on any atom is 0.233 e. The van der Waals surface area contributed by atoms with Crippen molar-refractivity contribution in [1.82, 2.24) is 15.5 Å². The van der Waals surface area contributed by atoms with Gasteiger partial charge in [0.1, 0.15) is 0 Å². The molecule has 0 aromatic carbocycles. The molecule has 2 bridgehead atoms. The molecule has 2 N–H and O–H groups in total. The Morgan fingerprint density at radius 3 is 2.36 bits per heavy atom. The fourth-order valence-electron chi connectivity index (χ4n) is 4.70. The predicted molar refractivity (Wildman–Crippen MR) is 95.8 cm³/mol. The van der Waals surface area contributed by atoms with Crippen LogP contribution in [0.25, 0.3) is 0 Å². The lowest BCUT2D eigenvalue weighted by molar-refractivity contribution is -0.140. The normalized spacial score (nSPS) is 33.3. The zero-order valence-electron chi connectivity index (χ0n) is 14.9. The number of allylic oxidation sites excluding steroid dienone is 2. The monoisotopic (exact) mass is 344 g/mol. The van der Waals surface area contributed by atoms with Crippen molar-refractivity contribution in [3.8, 4) is 0 Å². The van der Waals surface area contributed by atoms with E-state index in [9.17, 15) is 9.59 Å². The average molecular weight is 344 g/mol. The average Bonchev–Trinajstić information content (AvgIpc) is 3.12.